The van der Waals surface area contributed by atoms with Gasteiger partial charge in [-0.05, 0) is 35.9 Å². The Kier molecular flexibility index (Phi) is 5.87. The highest BCUT2D eigenvalue weighted by Gasteiger charge is 2.11. The summed E-state index contributed by atoms with van der Waals surface area (Å²) in [5, 5.41) is 2.35. The second-order valence-corrected chi connectivity index (χ2v) is 7.95. The summed E-state index contributed by atoms with van der Waals surface area (Å²) < 4.78 is 0. The van der Waals surface area contributed by atoms with Crippen molar-refractivity contribution in [3.63, 3.8) is 0 Å². The van der Waals surface area contributed by atoms with Gasteiger partial charge in [-0.3, -0.25) is 9.79 Å². The molecule has 0 aliphatic rings. The summed E-state index contributed by atoms with van der Waals surface area (Å²) in [5.41, 5.74) is 2.43. The van der Waals surface area contributed by atoms with Crippen LogP contribution in [0, 0.1) is 0 Å². The van der Waals surface area contributed by atoms with E-state index < -0.39 is 0 Å². The highest BCUT2D eigenvalue weighted by atomic mass is 32.2. The summed E-state index contributed by atoms with van der Waals surface area (Å²) >= 11 is 1.71. The second-order valence-electron chi connectivity index (χ2n) is 6.86. The van der Waals surface area contributed by atoms with Crippen molar-refractivity contribution in [1.82, 2.24) is 0 Å². The third kappa shape index (κ3) is 4.64. The number of aliphatic imine (C=N–C) groups is 1. The van der Waals surface area contributed by atoms with Gasteiger partial charge in [-0.25, -0.2) is 0 Å². The number of hydrogen-bond donors (Lipinski definition) is 0. The normalized spacial score (nSPS) is 11.6. The zero-order valence-corrected chi connectivity index (χ0v) is 17.0. The van der Waals surface area contributed by atoms with Crippen LogP contribution in [0.1, 0.15) is 23.7 Å². The van der Waals surface area contributed by atoms with Crippen LogP contribution in [0.15, 0.2) is 112 Å². The molecular formula is C26H21NOS. The average molecular weight is 396 g/mol. The fourth-order valence-corrected chi connectivity index (χ4v) is 4.28. The van der Waals surface area contributed by atoms with Gasteiger partial charge >= 0.3 is 0 Å². The molecule has 4 rings (SSSR count). The molecular weight excluding hydrogens is 374 g/mol. The number of ketones is 1. The number of carbonyl (C=O) groups excluding carboxylic acids is 1. The lowest BCUT2D eigenvalue weighted by molar-refractivity contribution is 0.100. The third-order valence-corrected chi connectivity index (χ3v) is 5.79. The first kappa shape index (κ1) is 19.2. The summed E-state index contributed by atoms with van der Waals surface area (Å²) in [7, 11) is 0. The molecule has 142 valence electrons. The van der Waals surface area contributed by atoms with Crippen LogP contribution in [-0.4, -0.2) is 11.5 Å². The molecule has 0 amide bonds. The average Bonchev–Trinajstić information content (AvgIpc) is 2.76. The molecule has 0 saturated carbocycles. The molecule has 3 heteroatoms. The third-order valence-electron chi connectivity index (χ3n) is 4.65. The summed E-state index contributed by atoms with van der Waals surface area (Å²) in [6.45, 7) is 1.92. The molecule has 0 unspecified atom stereocenters. The van der Waals surface area contributed by atoms with Gasteiger partial charge in [0.05, 0.1) is 5.69 Å². The van der Waals surface area contributed by atoms with E-state index in [-0.39, 0.29) is 5.78 Å². The number of benzene rings is 4. The first-order chi connectivity index (χ1) is 14.2. The van der Waals surface area contributed by atoms with Gasteiger partial charge < -0.3 is 0 Å². The lowest BCUT2D eigenvalue weighted by Gasteiger charge is -2.11. The second kappa shape index (κ2) is 8.89. The molecule has 0 atom stereocenters. The van der Waals surface area contributed by atoms with Crippen LogP contribution in [0.3, 0.4) is 0 Å². The molecule has 4 aromatic rings. The van der Waals surface area contributed by atoms with Gasteiger partial charge in [-0.15, -0.1) is 0 Å². The van der Waals surface area contributed by atoms with Gasteiger partial charge in [0.1, 0.15) is 0 Å². The number of Topliss-reactive ketones (excluding diaryl/α,β-unsaturated/α-hetero) is 1. The van der Waals surface area contributed by atoms with Crippen LogP contribution in [-0.2, 0) is 0 Å². The van der Waals surface area contributed by atoms with E-state index >= 15 is 0 Å². The lowest BCUT2D eigenvalue weighted by Crippen LogP contribution is -2.05. The van der Waals surface area contributed by atoms with E-state index in [1.54, 1.807) is 11.8 Å². The molecule has 0 saturated heterocycles. The van der Waals surface area contributed by atoms with Crippen molar-refractivity contribution in [2.24, 2.45) is 4.99 Å². The SMILES string of the molecule is CC(CC(=O)c1ccccc1)=Nc1ccc2ccccc2c1Sc1ccccc1. The molecule has 0 aliphatic carbocycles. The van der Waals surface area contributed by atoms with Crippen LogP contribution in [0.2, 0.25) is 0 Å². The van der Waals surface area contributed by atoms with Crippen LogP contribution in [0.4, 0.5) is 5.69 Å². The van der Waals surface area contributed by atoms with Gasteiger partial charge in [0.2, 0.25) is 0 Å². The summed E-state index contributed by atoms with van der Waals surface area (Å²) in [4.78, 5) is 19.7. The molecule has 0 spiro atoms. The molecule has 0 N–H and O–H groups in total. The Hall–Kier alpha value is -3.17. The standard InChI is InChI=1S/C26H21NOS/c1-19(18-25(28)21-11-4-2-5-12-21)27-24-17-16-20-10-8-9-15-23(20)26(24)29-22-13-6-3-7-14-22/h2-17H,18H2,1H3. The van der Waals surface area contributed by atoms with E-state index in [1.165, 1.54) is 15.7 Å². The topological polar surface area (TPSA) is 29.4 Å². The minimum atomic E-state index is 0.0879. The molecule has 0 aliphatic heterocycles. The predicted molar refractivity (Wildman–Crippen MR) is 123 cm³/mol. The minimum absolute atomic E-state index is 0.0879. The van der Waals surface area contributed by atoms with Crippen molar-refractivity contribution in [1.29, 1.82) is 0 Å². The molecule has 2 nitrogen and oxygen atoms in total. The smallest absolute Gasteiger partial charge is 0.168 e. The number of hydrogen-bond acceptors (Lipinski definition) is 3. The van der Waals surface area contributed by atoms with E-state index in [0.29, 0.717) is 6.42 Å². The predicted octanol–water partition coefficient (Wildman–Crippen LogP) is 7.36. The molecule has 0 fully saturated rings. The summed E-state index contributed by atoms with van der Waals surface area (Å²) in [6, 6.07) is 32.2. The van der Waals surface area contributed by atoms with Gasteiger partial charge in [-0.1, -0.05) is 90.6 Å². The maximum atomic E-state index is 12.5. The number of carbonyl (C=O) groups is 1. The van der Waals surface area contributed by atoms with Crippen molar-refractivity contribution in [2.45, 2.75) is 23.1 Å². The van der Waals surface area contributed by atoms with Crippen LogP contribution in [0.5, 0.6) is 0 Å². The molecule has 0 bridgehead atoms. The Labute approximate surface area is 175 Å². The van der Waals surface area contributed by atoms with Crippen LogP contribution in [0.25, 0.3) is 10.8 Å². The summed E-state index contributed by atoms with van der Waals surface area (Å²) in [5.74, 6) is 0.0879. The van der Waals surface area contributed by atoms with Crippen LogP contribution >= 0.6 is 11.8 Å². The summed E-state index contributed by atoms with van der Waals surface area (Å²) in [6.07, 6.45) is 0.312. The van der Waals surface area contributed by atoms with Crippen molar-refractivity contribution in [3.8, 4) is 0 Å². The van der Waals surface area contributed by atoms with Crippen molar-refractivity contribution >= 4 is 39.7 Å². The van der Waals surface area contributed by atoms with Gasteiger partial charge in [0.25, 0.3) is 0 Å². The maximum absolute atomic E-state index is 12.5. The van der Waals surface area contributed by atoms with Gasteiger partial charge in [0, 0.05) is 27.5 Å². The van der Waals surface area contributed by atoms with E-state index in [4.69, 9.17) is 4.99 Å². The minimum Gasteiger partial charge on any atom is -0.294 e. The highest BCUT2D eigenvalue weighted by molar-refractivity contribution is 7.99. The molecule has 4 aromatic carbocycles. The lowest BCUT2D eigenvalue weighted by atomic mass is 10.1. The number of fused-ring (bicyclic) bond motifs is 1. The Balaban J connectivity index is 1.70. The zero-order valence-electron chi connectivity index (χ0n) is 16.2. The van der Waals surface area contributed by atoms with Crippen LogP contribution < -0.4 is 0 Å². The maximum Gasteiger partial charge on any atom is 0.168 e. The van der Waals surface area contributed by atoms with Crippen molar-refractivity contribution < 1.29 is 4.79 Å². The van der Waals surface area contributed by atoms with E-state index in [1.807, 2.05) is 67.6 Å². The van der Waals surface area contributed by atoms with Gasteiger partial charge in [-0.2, -0.15) is 0 Å². The largest absolute Gasteiger partial charge is 0.294 e. The first-order valence-corrected chi connectivity index (χ1v) is 10.4. The highest BCUT2D eigenvalue weighted by Crippen LogP contribution is 2.40. The molecule has 29 heavy (non-hydrogen) atoms. The molecule has 0 radical (unpaired) electrons. The van der Waals surface area contributed by atoms with E-state index in [0.717, 1.165) is 21.9 Å². The van der Waals surface area contributed by atoms with E-state index in [2.05, 4.69) is 36.4 Å². The van der Waals surface area contributed by atoms with Gasteiger partial charge in [0.15, 0.2) is 5.78 Å². The monoisotopic (exact) mass is 395 g/mol. The Morgan fingerprint density at radius 3 is 2.21 bits per heavy atom. The molecule has 0 heterocycles. The van der Waals surface area contributed by atoms with E-state index in [9.17, 15) is 4.79 Å². The Bertz CT molecular complexity index is 1170. The quantitative estimate of drug-likeness (QED) is 0.252. The number of nitrogens with zero attached hydrogens (tertiary/aromatic N) is 1. The Morgan fingerprint density at radius 2 is 1.45 bits per heavy atom. The Morgan fingerprint density at radius 1 is 0.793 bits per heavy atom. The zero-order chi connectivity index (χ0) is 20.1. The van der Waals surface area contributed by atoms with Crippen molar-refractivity contribution in [3.05, 3.63) is 103 Å². The fourth-order valence-electron chi connectivity index (χ4n) is 3.24. The fraction of sp³-hybridized carbons (Fsp3) is 0.0769. The van der Waals surface area contributed by atoms with Crippen molar-refractivity contribution in [2.75, 3.05) is 0 Å². The number of rotatable bonds is 6. The molecule has 0 aromatic heterocycles. The first-order valence-electron chi connectivity index (χ1n) is 9.58.